The standard InChI is InChI=1S/C43H42N3O10P/c1-31(41(49)55-28-32-16-12-14-24-37(32)45(51)52)39-40(48)44(43(39,2)26-27-47)30-57(34-18-6-3-7-19-34,35-20-8-4-9-21-35,36-22-10-5-11-23-36)42(50)56-29-33-17-13-15-25-38(33)46(53)54/h3-25,31,39,47H,26-30H2,1-2H3/t31-,39+,43-/m1/s1. The zero-order valence-electron chi connectivity index (χ0n) is 31.4. The molecule has 1 heterocycles. The third-order valence-corrected chi connectivity index (χ3v) is 17.3. The van der Waals surface area contributed by atoms with Gasteiger partial charge in [0.2, 0.25) is 0 Å². The fourth-order valence-corrected chi connectivity index (χ4v) is 14.2. The Hall–Kier alpha value is -6.30. The summed E-state index contributed by atoms with van der Waals surface area (Å²) in [6.45, 7) is -2.66. The number of aliphatic hydroxyl groups is 1. The predicted molar refractivity (Wildman–Crippen MR) is 216 cm³/mol. The number of rotatable bonds is 16. The van der Waals surface area contributed by atoms with Gasteiger partial charge in [-0.25, -0.2) is 0 Å². The molecule has 1 saturated heterocycles. The van der Waals surface area contributed by atoms with Crippen LogP contribution in [0.1, 0.15) is 31.4 Å². The molecule has 0 unspecified atom stereocenters. The van der Waals surface area contributed by atoms with Crippen molar-refractivity contribution in [2.24, 2.45) is 11.8 Å². The Morgan fingerprint density at radius 1 is 0.719 bits per heavy atom. The first-order valence-electron chi connectivity index (χ1n) is 18.3. The van der Waals surface area contributed by atoms with Crippen LogP contribution in [0.15, 0.2) is 140 Å². The minimum absolute atomic E-state index is 0.0291. The Kier molecular flexibility index (Phi) is 11.6. The molecule has 5 aromatic carbocycles. The molecule has 6 rings (SSSR count). The van der Waals surface area contributed by atoms with E-state index < -0.39 is 58.0 Å². The van der Waals surface area contributed by atoms with Crippen molar-refractivity contribution in [3.05, 3.63) is 171 Å². The number of hydrogen-bond donors (Lipinski definition) is 1. The Morgan fingerprint density at radius 2 is 1.12 bits per heavy atom. The van der Waals surface area contributed by atoms with Crippen LogP contribution in [-0.4, -0.2) is 55.9 Å². The normalized spacial score (nSPS) is 17.7. The van der Waals surface area contributed by atoms with Gasteiger partial charge in [0.1, 0.15) is 0 Å². The molecule has 1 amide bonds. The number of esters is 1. The van der Waals surface area contributed by atoms with Crippen LogP contribution in [0.2, 0.25) is 0 Å². The monoisotopic (exact) mass is 791 g/mol. The third-order valence-electron chi connectivity index (χ3n) is 11.2. The van der Waals surface area contributed by atoms with Crippen LogP contribution in [0, 0.1) is 32.1 Å². The van der Waals surface area contributed by atoms with Crippen LogP contribution in [-0.2, 0) is 32.3 Å². The van der Waals surface area contributed by atoms with Gasteiger partial charge in [-0.2, -0.15) is 0 Å². The predicted octanol–water partition coefficient (Wildman–Crippen LogP) is 6.61. The molecule has 0 saturated carbocycles. The fourth-order valence-electron chi connectivity index (χ4n) is 8.23. The van der Waals surface area contributed by atoms with Crippen LogP contribution in [0.3, 0.4) is 0 Å². The number of carbonyl (C=O) groups is 3. The quantitative estimate of drug-likeness (QED) is 0.0376. The molecule has 3 atom stereocenters. The number of nitro benzene ring substituents is 2. The Balaban J connectivity index is 1.49. The second kappa shape index (κ2) is 16.4. The summed E-state index contributed by atoms with van der Waals surface area (Å²) in [6, 6.07) is 39.0. The second-order valence-electron chi connectivity index (χ2n) is 14.2. The summed E-state index contributed by atoms with van der Waals surface area (Å²) in [6.07, 6.45) is -0.204. The Bertz CT molecular complexity index is 2190. The van der Waals surface area contributed by atoms with E-state index in [2.05, 4.69) is 0 Å². The maximum absolute atomic E-state index is 15.8. The topological polar surface area (TPSA) is 179 Å². The fraction of sp³-hybridized carbons (Fsp3) is 0.233. The number of aliphatic hydroxyl groups excluding tert-OH is 1. The van der Waals surface area contributed by atoms with Gasteiger partial charge in [0.15, 0.2) is 0 Å². The summed E-state index contributed by atoms with van der Waals surface area (Å²) in [7, 11) is 0. The molecule has 14 heteroatoms. The molecular weight excluding hydrogens is 749 g/mol. The molecule has 294 valence electrons. The number of nitro groups is 2. The molecule has 1 fully saturated rings. The third kappa shape index (κ3) is 6.93. The molecule has 0 aromatic heterocycles. The summed E-state index contributed by atoms with van der Waals surface area (Å²) in [4.78, 5) is 68.2. The van der Waals surface area contributed by atoms with Crippen LogP contribution in [0.5, 0.6) is 0 Å². The van der Waals surface area contributed by atoms with Crippen molar-refractivity contribution < 1.29 is 38.8 Å². The van der Waals surface area contributed by atoms with Gasteiger partial charge >= 0.3 is 330 Å². The van der Waals surface area contributed by atoms with E-state index in [1.54, 1.807) is 67.3 Å². The summed E-state index contributed by atoms with van der Waals surface area (Å²) in [5, 5.41) is 35.8. The number of amides is 1. The molecule has 0 aliphatic carbocycles. The SMILES string of the molecule is C[C@@H](C(=O)OCc1ccccc1[N+](=O)[O-])[C@H]1C(=O)N(CP(C(=O)OCc2ccccc2[N+](=O)[O-])(c2ccccc2)(c2ccccc2)c2ccccc2)[C@]1(C)CCO. The summed E-state index contributed by atoms with van der Waals surface area (Å²) < 4.78 is 11.9. The van der Waals surface area contributed by atoms with E-state index in [0.717, 1.165) is 0 Å². The molecule has 57 heavy (non-hydrogen) atoms. The van der Waals surface area contributed by atoms with Crippen molar-refractivity contribution >= 4 is 51.5 Å². The first-order valence-corrected chi connectivity index (χ1v) is 20.7. The van der Waals surface area contributed by atoms with Gasteiger partial charge in [0, 0.05) is 0 Å². The van der Waals surface area contributed by atoms with Gasteiger partial charge in [-0.3, -0.25) is 0 Å². The van der Waals surface area contributed by atoms with Gasteiger partial charge in [0.25, 0.3) is 0 Å². The van der Waals surface area contributed by atoms with Gasteiger partial charge < -0.3 is 0 Å². The van der Waals surface area contributed by atoms with Crippen molar-refractivity contribution in [3.63, 3.8) is 0 Å². The molecule has 0 spiro atoms. The van der Waals surface area contributed by atoms with Crippen LogP contribution in [0.4, 0.5) is 16.2 Å². The number of nitrogens with zero attached hydrogens (tertiary/aromatic N) is 3. The van der Waals surface area contributed by atoms with Crippen molar-refractivity contribution in [2.45, 2.75) is 39.0 Å². The van der Waals surface area contributed by atoms with E-state index in [1.807, 2.05) is 54.6 Å². The second-order valence-corrected chi connectivity index (χ2v) is 19.1. The average Bonchev–Trinajstić information content (AvgIpc) is 3.23. The molecule has 1 aliphatic rings. The van der Waals surface area contributed by atoms with Crippen molar-refractivity contribution in [1.82, 2.24) is 4.90 Å². The Labute approximate surface area is 329 Å². The first kappa shape index (κ1) is 40.4. The number of likely N-dealkylation sites (tertiary alicyclic amines) is 1. The molecule has 1 aliphatic heterocycles. The maximum atomic E-state index is 15.8. The number of ether oxygens (including phenoxy) is 2. The molecule has 0 radical (unpaired) electrons. The number of benzene rings is 5. The summed E-state index contributed by atoms with van der Waals surface area (Å²) in [5.41, 5.74) is -1.96. The van der Waals surface area contributed by atoms with Crippen molar-refractivity contribution in [1.29, 1.82) is 0 Å². The van der Waals surface area contributed by atoms with Gasteiger partial charge in [-0.15, -0.1) is 0 Å². The van der Waals surface area contributed by atoms with Crippen LogP contribution >= 0.6 is 6.60 Å². The number of hydrogen-bond acceptors (Lipinski definition) is 10. The van der Waals surface area contributed by atoms with E-state index in [-0.39, 0.29) is 48.4 Å². The van der Waals surface area contributed by atoms with Gasteiger partial charge in [-0.1, -0.05) is 0 Å². The van der Waals surface area contributed by atoms with E-state index in [1.165, 1.54) is 36.4 Å². The van der Waals surface area contributed by atoms with Gasteiger partial charge in [-0.05, 0) is 0 Å². The number of carbonyl (C=O) groups excluding carboxylic acids is 3. The van der Waals surface area contributed by atoms with E-state index in [4.69, 9.17) is 9.47 Å². The van der Waals surface area contributed by atoms with E-state index >= 15 is 4.79 Å². The van der Waals surface area contributed by atoms with Crippen molar-refractivity contribution in [3.8, 4) is 0 Å². The van der Waals surface area contributed by atoms with Gasteiger partial charge in [0.05, 0.1) is 0 Å². The number of para-hydroxylation sites is 2. The first-order chi connectivity index (χ1) is 27.4. The summed E-state index contributed by atoms with van der Waals surface area (Å²) in [5.74, 6) is -3.28. The molecule has 5 aromatic rings. The van der Waals surface area contributed by atoms with Crippen LogP contribution < -0.4 is 15.9 Å². The minimum atomic E-state index is -4.77. The van der Waals surface area contributed by atoms with Crippen LogP contribution in [0.25, 0.3) is 0 Å². The molecular formula is C43H42N3O10P. The zero-order valence-corrected chi connectivity index (χ0v) is 32.3. The number of β-lactam (4-membered cyclic amide) rings is 1. The van der Waals surface area contributed by atoms with E-state index in [0.29, 0.717) is 15.9 Å². The zero-order chi connectivity index (χ0) is 40.8. The Morgan fingerprint density at radius 3 is 1.54 bits per heavy atom. The molecule has 13 nitrogen and oxygen atoms in total. The van der Waals surface area contributed by atoms with E-state index in [9.17, 15) is 34.9 Å². The molecule has 1 N–H and O–H groups in total. The molecule has 0 bridgehead atoms. The van der Waals surface area contributed by atoms with Crippen molar-refractivity contribution in [2.75, 3.05) is 12.9 Å². The summed E-state index contributed by atoms with van der Waals surface area (Å²) >= 11 is 0. The average molecular weight is 792 g/mol.